The Balaban J connectivity index is 1.92. The lowest BCUT2D eigenvalue weighted by molar-refractivity contribution is 0.0333. The molecule has 0 unspecified atom stereocenters. The number of fused-ring (bicyclic) bond motifs is 1. The highest BCUT2D eigenvalue weighted by molar-refractivity contribution is 5.81. The lowest BCUT2D eigenvalue weighted by atomic mass is 10.2. The molecule has 2 heterocycles. The van der Waals surface area contributed by atoms with Crippen molar-refractivity contribution in [2.24, 2.45) is 0 Å². The number of nitrogens with zero attached hydrogens (tertiary/aromatic N) is 3. The van der Waals surface area contributed by atoms with E-state index in [4.69, 9.17) is 10.00 Å². The first-order valence-electron chi connectivity index (χ1n) is 6.62. The topological polar surface area (TPSA) is 41.2 Å². The molecule has 0 saturated carbocycles. The molecule has 4 heteroatoms. The second-order valence-corrected chi connectivity index (χ2v) is 4.83. The van der Waals surface area contributed by atoms with E-state index in [2.05, 4.69) is 33.7 Å². The second kappa shape index (κ2) is 5.43. The van der Waals surface area contributed by atoms with Crippen molar-refractivity contribution >= 4 is 10.9 Å². The largest absolute Gasteiger partial charge is 0.379 e. The van der Waals surface area contributed by atoms with E-state index >= 15 is 0 Å². The van der Waals surface area contributed by atoms with E-state index in [1.165, 1.54) is 11.1 Å². The van der Waals surface area contributed by atoms with Crippen LogP contribution in [0.15, 0.2) is 30.3 Å². The Bertz CT molecular complexity index is 605. The predicted octanol–water partition coefficient (Wildman–Crippen LogP) is 2.00. The number of hydrogen-bond donors (Lipinski definition) is 0. The number of hydrogen-bond acceptors (Lipinski definition) is 3. The van der Waals surface area contributed by atoms with E-state index in [1.54, 1.807) is 0 Å². The quantitative estimate of drug-likeness (QED) is 0.842. The maximum Gasteiger partial charge on any atom is 0.110 e. The maximum absolute atomic E-state index is 9.02. The van der Waals surface area contributed by atoms with Crippen molar-refractivity contribution in [2.75, 3.05) is 26.3 Å². The van der Waals surface area contributed by atoms with Crippen LogP contribution in [0.3, 0.4) is 0 Å². The van der Waals surface area contributed by atoms with Crippen LogP contribution in [0.4, 0.5) is 0 Å². The monoisotopic (exact) mass is 255 g/mol. The van der Waals surface area contributed by atoms with Gasteiger partial charge in [-0.25, -0.2) is 0 Å². The van der Waals surface area contributed by atoms with Crippen molar-refractivity contribution in [3.8, 4) is 6.07 Å². The standard InChI is InChI=1S/C15H17N3O/c16-5-6-18-14(12-17-7-9-19-10-8-17)11-13-3-1-2-4-15(13)18/h1-4,11H,6-10,12H2. The van der Waals surface area contributed by atoms with Crippen molar-refractivity contribution in [1.29, 1.82) is 5.26 Å². The summed E-state index contributed by atoms with van der Waals surface area (Å²) in [7, 11) is 0. The summed E-state index contributed by atoms with van der Waals surface area (Å²) in [6, 6.07) is 12.7. The normalized spacial score (nSPS) is 16.6. The van der Waals surface area contributed by atoms with Gasteiger partial charge in [0.15, 0.2) is 0 Å². The smallest absolute Gasteiger partial charge is 0.110 e. The van der Waals surface area contributed by atoms with Crippen LogP contribution in [-0.4, -0.2) is 35.8 Å². The number of ether oxygens (including phenoxy) is 1. The minimum absolute atomic E-state index is 0.410. The Labute approximate surface area is 112 Å². The Morgan fingerprint density at radius 2 is 2.00 bits per heavy atom. The van der Waals surface area contributed by atoms with Crippen molar-refractivity contribution in [3.05, 3.63) is 36.0 Å². The van der Waals surface area contributed by atoms with Gasteiger partial charge in [0.05, 0.1) is 19.3 Å². The molecule has 19 heavy (non-hydrogen) atoms. The van der Waals surface area contributed by atoms with Gasteiger partial charge < -0.3 is 9.30 Å². The van der Waals surface area contributed by atoms with E-state index in [-0.39, 0.29) is 0 Å². The number of benzene rings is 1. The molecule has 1 aliphatic rings. The van der Waals surface area contributed by atoms with Crippen LogP contribution in [0.2, 0.25) is 0 Å². The molecule has 0 radical (unpaired) electrons. The molecule has 0 amide bonds. The predicted molar refractivity (Wildman–Crippen MR) is 73.6 cm³/mol. The highest BCUT2D eigenvalue weighted by Crippen LogP contribution is 2.21. The third kappa shape index (κ3) is 2.48. The molecule has 1 aliphatic heterocycles. The fourth-order valence-corrected chi connectivity index (χ4v) is 2.64. The molecule has 4 nitrogen and oxygen atoms in total. The van der Waals surface area contributed by atoms with Gasteiger partial charge in [-0.3, -0.25) is 4.90 Å². The van der Waals surface area contributed by atoms with E-state index in [0.29, 0.717) is 6.54 Å². The lowest BCUT2D eigenvalue weighted by Gasteiger charge is -2.26. The molecule has 2 aromatic rings. The van der Waals surface area contributed by atoms with Crippen LogP contribution < -0.4 is 0 Å². The van der Waals surface area contributed by atoms with Crippen LogP contribution in [0.25, 0.3) is 10.9 Å². The summed E-state index contributed by atoms with van der Waals surface area (Å²) >= 11 is 0. The number of morpholine rings is 1. The molecule has 3 rings (SSSR count). The summed E-state index contributed by atoms with van der Waals surface area (Å²) in [6.45, 7) is 4.84. The van der Waals surface area contributed by atoms with Crippen LogP contribution in [0.1, 0.15) is 5.69 Å². The number of para-hydroxylation sites is 1. The molecule has 98 valence electrons. The van der Waals surface area contributed by atoms with Gasteiger partial charge in [-0.05, 0) is 17.5 Å². The van der Waals surface area contributed by atoms with Crippen LogP contribution in [0.5, 0.6) is 0 Å². The summed E-state index contributed by atoms with van der Waals surface area (Å²) in [5.41, 5.74) is 2.36. The van der Waals surface area contributed by atoms with Crippen molar-refractivity contribution in [2.45, 2.75) is 13.1 Å². The Hall–Kier alpha value is -1.83. The first-order chi connectivity index (χ1) is 9.38. The van der Waals surface area contributed by atoms with Gasteiger partial charge in [0, 0.05) is 30.8 Å². The molecule has 0 bridgehead atoms. The van der Waals surface area contributed by atoms with E-state index < -0.39 is 0 Å². The minimum Gasteiger partial charge on any atom is -0.379 e. The van der Waals surface area contributed by atoms with Crippen LogP contribution >= 0.6 is 0 Å². The molecule has 0 spiro atoms. The van der Waals surface area contributed by atoms with E-state index in [0.717, 1.165) is 38.4 Å². The van der Waals surface area contributed by atoms with Gasteiger partial charge in [0.1, 0.15) is 6.54 Å². The first kappa shape index (κ1) is 12.2. The molecule has 1 saturated heterocycles. The zero-order valence-electron chi connectivity index (χ0n) is 10.9. The Morgan fingerprint density at radius 3 is 2.79 bits per heavy atom. The zero-order chi connectivity index (χ0) is 13.1. The third-order valence-corrected chi connectivity index (χ3v) is 3.61. The van der Waals surface area contributed by atoms with Crippen molar-refractivity contribution in [1.82, 2.24) is 9.47 Å². The zero-order valence-corrected chi connectivity index (χ0v) is 10.9. The highest BCUT2D eigenvalue weighted by Gasteiger charge is 2.14. The van der Waals surface area contributed by atoms with Crippen LogP contribution in [0, 0.1) is 11.3 Å². The van der Waals surface area contributed by atoms with Gasteiger partial charge in [-0.15, -0.1) is 0 Å². The molecule has 0 aliphatic carbocycles. The molecule has 1 aromatic carbocycles. The molecule has 1 fully saturated rings. The Morgan fingerprint density at radius 1 is 1.21 bits per heavy atom. The highest BCUT2D eigenvalue weighted by atomic mass is 16.5. The maximum atomic E-state index is 9.02. The number of aromatic nitrogens is 1. The van der Waals surface area contributed by atoms with Gasteiger partial charge in [-0.2, -0.15) is 5.26 Å². The van der Waals surface area contributed by atoms with E-state index in [1.807, 2.05) is 12.1 Å². The van der Waals surface area contributed by atoms with Gasteiger partial charge in [-0.1, -0.05) is 18.2 Å². The lowest BCUT2D eigenvalue weighted by Crippen LogP contribution is -2.36. The molecular weight excluding hydrogens is 238 g/mol. The second-order valence-electron chi connectivity index (χ2n) is 4.83. The van der Waals surface area contributed by atoms with E-state index in [9.17, 15) is 0 Å². The Kier molecular flexibility index (Phi) is 3.49. The molecule has 0 N–H and O–H groups in total. The third-order valence-electron chi connectivity index (χ3n) is 3.61. The van der Waals surface area contributed by atoms with Crippen molar-refractivity contribution in [3.63, 3.8) is 0 Å². The minimum atomic E-state index is 0.410. The SMILES string of the molecule is N#CCn1c(CN2CCOCC2)cc2ccccc21. The van der Waals surface area contributed by atoms with Gasteiger partial charge >= 0.3 is 0 Å². The number of rotatable bonds is 3. The summed E-state index contributed by atoms with van der Waals surface area (Å²) in [4.78, 5) is 2.38. The summed E-state index contributed by atoms with van der Waals surface area (Å²) in [6.07, 6.45) is 0. The summed E-state index contributed by atoms with van der Waals surface area (Å²) in [5, 5.41) is 10.2. The average molecular weight is 255 g/mol. The fourth-order valence-electron chi connectivity index (χ4n) is 2.64. The van der Waals surface area contributed by atoms with Crippen LogP contribution in [-0.2, 0) is 17.8 Å². The van der Waals surface area contributed by atoms with Crippen molar-refractivity contribution < 1.29 is 4.74 Å². The first-order valence-corrected chi connectivity index (χ1v) is 6.62. The fraction of sp³-hybridized carbons (Fsp3) is 0.400. The molecular formula is C15H17N3O. The van der Waals surface area contributed by atoms with Gasteiger partial charge in [0.2, 0.25) is 0 Å². The number of nitriles is 1. The average Bonchev–Trinajstić information content (AvgIpc) is 2.79. The van der Waals surface area contributed by atoms with Gasteiger partial charge in [0.25, 0.3) is 0 Å². The summed E-state index contributed by atoms with van der Waals surface area (Å²) < 4.78 is 7.49. The molecule has 1 aromatic heterocycles. The summed E-state index contributed by atoms with van der Waals surface area (Å²) in [5.74, 6) is 0. The molecule has 0 atom stereocenters.